The van der Waals surface area contributed by atoms with Gasteiger partial charge in [0.1, 0.15) is 11.4 Å². The van der Waals surface area contributed by atoms with Crippen molar-refractivity contribution in [3.63, 3.8) is 0 Å². The van der Waals surface area contributed by atoms with Crippen LogP contribution < -0.4 is 4.74 Å². The largest absolute Gasteiger partial charge is 0.483 e. The molecule has 1 aromatic carbocycles. The molecule has 0 atom stereocenters. The van der Waals surface area contributed by atoms with Crippen molar-refractivity contribution in [1.29, 1.82) is 0 Å². The van der Waals surface area contributed by atoms with Crippen molar-refractivity contribution >= 4 is 12.2 Å². The quantitative estimate of drug-likeness (QED) is 0.823. The average molecular weight is 216 g/mol. The molecule has 0 fully saturated rings. The lowest BCUT2D eigenvalue weighted by Crippen LogP contribution is -2.27. The normalized spacial score (nSPS) is 17.2. The minimum atomic E-state index is -0.227. The molecule has 2 nitrogen and oxygen atoms in total. The maximum absolute atomic E-state index is 8.71. The Bertz CT molecular complexity index is 442. The summed E-state index contributed by atoms with van der Waals surface area (Å²) in [5.74, 6) is 0.911. The first-order valence-electron chi connectivity index (χ1n) is 5.40. The van der Waals surface area contributed by atoms with Gasteiger partial charge in [-0.2, -0.15) is 0 Å². The number of ether oxygens (including phenoxy) is 1. The lowest BCUT2D eigenvalue weighted by atomic mass is 10.0. The van der Waals surface area contributed by atoms with Crippen LogP contribution in [0.2, 0.25) is 0 Å². The maximum atomic E-state index is 8.71. The van der Waals surface area contributed by atoms with Crippen LogP contribution in [-0.2, 0) is 0 Å². The molecule has 2 rings (SSSR count). The topological polar surface area (TPSA) is 29.5 Å². The van der Waals surface area contributed by atoms with E-state index < -0.39 is 0 Å². The molecule has 0 spiro atoms. The summed E-state index contributed by atoms with van der Waals surface area (Å²) in [5.41, 5.74) is 1.93. The first kappa shape index (κ1) is 11.0. The highest BCUT2D eigenvalue weighted by molar-refractivity contribution is 5.65. The predicted molar refractivity (Wildman–Crippen MR) is 66.3 cm³/mol. The van der Waals surface area contributed by atoms with Gasteiger partial charge >= 0.3 is 0 Å². The van der Waals surface area contributed by atoms with Crippen molar-refractivity contribution in [2.24, 2.45) is 0 Å². The van der Waals surface area contributed by atoms with E-state index in [9.17, 15) is 0 Å². The van der Waals surface area contributed by atoms with Crippen LogP contribution >= 0.6 is 0 Å². The number of rotatable bonds is 2. The third kappa shape index (κ3) is 2.34. The summed E-state index contributed by atoms with van der Waals surface area (Å²) in [6, 6.07) is 6.01. The highest BCUT2D eigenvalue weighted by Crippen LogP contribution is 2.31. The summed E-state index contributed by atoms with van der Waals surface area (Å²) in [4.78, 5) is 0. The zero-order valence-corrected chi connectivity index (χ0v) is 9.60. The van der Waals surface area contributed by atoms with Crippen molar-refractivity contribution in [2.45, 2.75) is 19.4 Å². The van der Waals surface area contributed by atoms with Gasteiger partial charge in [-0.15, -0.1) is 0 Å². The molecule has 1 aliphatic rings. The maximum Gasteiger partial charge on any atom is 0.127 e. The van der Waals surface area contributed by atoms with Crippen molar-refractivity contribution in [2.75, 3.05) is 6.61 Å². The van der Waals surface area contributed by atoms with Gasteiger partial charge in [-0.1, -0.05) is 24.3 Å². The summed E-state index contributed by atoms with van der Waals surface area (Å²) in [6.07, 6.45) is 7.75. The smallest absolute Gasteiger partial charge is 0.127 e. The molecule has 0 unspecified atom stereocenters. The van der Waals surface area contributed by atoms with E-state index in [1.54, 1.807) is 6.08 Å². The van der Waals surface area contributed by atoms with Gasteiger partial charge in [-0.3, -0.25) is 0 Å². The first-order valence-corrected chi connectivity index (χ1v) is 5.40. The van der Waals surface area contributed by atoms with Gasteiger partial charge in [0.05, 0.1) is 6.61 Å². The minimum Gasteiger partial charge on any atom is -0.483 e. The first-order chi connectivity index (χ1) is 7.61. The molecule has 0 amide bonds. The zero-order valence-electron chi connectivity index (χ0n) is 9.60. The van der Waals surface area contributed by atoms with Gasteiger partial charge < -0.3 is 9.84 Å². The second-order valence-corrected chi connectivity index (χ2v) is 4.42. The molecule has 0 aromatic heterocycles. The van der Waals surface area contributed by atoms with Crippen LogP contribution in [0.15, 0.2) is 30.4 Å². The molecular formula is C14H16O2. The Hall–Kier alpha value is -1.54. The lowest BCUT2D eigenvalue weighted by molar-refractivity contribution is 0.159. The predicted octanol–water partition coefficient (Wildman–Crippen LogP) is 2.88. The number of fused-ring (bicyclic) bond motifs is 1. The summed E-state index contributed by atoms with van der Waals surface area (Å²) in [6.45, 7) is 4.13. The lowest BCUT2D eigenvalue weighted by Gasteiger charge is -2.27. The van der Waals surface area contributed by atoms with Crippen molar-refractivity contribution in [3.05, 3.63) is 41.5 Å². The molecule has 0 saturated carbocycles. The molecule has 1 aromatic rings. The van der Waals surface area contributed by atoms with Gasteiger partial charge in [0.15, 0.2) is 0 Å². The number of aliphatic hydroxyl groups is 1. The van der Waals surface area contributed by atoms with Crippen LogP contribution in [0.3, 0.4) is 0 Å². The van der Waals surface area contributed by atoms with Gasteiger partial charge in [0.2, 0.25) is 0 Å². The molecule has 2 heteroatoms. The van der Waals surface area contributed by atoms with E-state index >= 15 is 0 Å². The third-order valence-corrected chi connectivity index (χ3v) is 2.49. The van der Waals surface area contributed by atoms with Crippen LogP contribution in [0, 0.1) is 0 Å². The Morgan fingerprint density at radius 3 is 2.94 bits per heavy atom. The number of hydrogen-bond donors (Lipinski definition) is 1. The fourth-order valence-electron chi connectivity index (χ4n) is 1.69. The van der Waals surface area contributed by atoms with E-state index in [0.717, 1.165) is 16.9 Å². The van der Waals surface area contributed by atoms with E-state index in [-0.39, 0.29) is 12.2 Å². The third-order valence-electron chi connectivity index (χ3n) is 2.49. The van der Waals surface area contributed by atoms with Gasteiger partial charge in [-0.25, -0.2) is 0 Å². The van der Waals surface area contributed by atoms with Crippen LogP contribution in [0.5, 0.6) is 5.75 Å². The van der Waals surface area contributed by atoms with Gasteiger partial charge in [0, 0.05) is 5.56 Å². The molecule has 1 aliphatic heterocycles. The molecule has 0 aliphatic carbocycles. The van der Waals surface area contributed by atoms with Crippen molar-refractivity contribution < 1.29 is 9.84 Å². The molecular weight excluding hydrogens is 200 g/mol. The van der Waals surface area contributed by atoms with E-state index in [1.165, 1.54) is 0 Å². The van der Waals surface area contributed by atoms with E-state index in [4.69, 9.17) is 9.84 Å². The second kappa shape index (κ2) is 4.14. The summed E-state index contributed by atoms with van der Waals surface area (Å²) in [7, 11) is 0. The van der Waals surface area contributed by atoms with Gasteiger partial charge in [0.25, 0.3) is 0 Å². The van der Waals surface area contributed by atoms with Crippen molar-refractivity contribution in [3.8, 4) is 5.75 Å². The number of hydrogen-bond acceptors (Lipinski definition) is 2. The fraction of sp³-hybridized carbons (Fsp3) is 0.286. The highest BCUT2D eigenvalue weighted by Gasteiger charge is 2.21. The molecule has 1 N–H and O–H groups in total. The standard InChI is InChI=1S/C14H16O2/c1-14(2)8-7-12-10-11(4-3-9-15)5-6-13(12)16-14/h3-8,10,15H,9H2,1-2H3/b4-3+. The molecule has 1 heterocycles. The molecule has 0 saturated heterocycles. The molecule has 0 bridgehead atoms. The average Bonchev–Trinajstić information content (AvgIpc) is 2.25. The molecule has 16 heavy (non-hydrogen) atoms. The number of aliphatic hydroxyl groups excluding tert-OH is 1. The van der Waals surface area contributed by atoms with E-state index in [1.807, 2.05) is 38.1 Å². The molecule has 0 radical (unpaired) electrons. The Morgan fingerprint density at radius 2 is 2.19 bits per heavy atom. The number of benzene rings is 1. The fourth-order valence-corrected chi connectivity index (χ4v) is 1.69. The van der Waals surface area contributed by atoms with Crippen LogP contribution in [-0.4, -0.2) is 17.3 Å². The van der Waals surface area contributed by atoms with Crippen LogP contribution in [0.4, 0.5) is 0 Å². The summed E-state index contributed by atoms with van der Waals surface area (Å²) < 4.78 is 5.82. The Balaban J connectivity index is 2.31. The van der Waals surface area contributed by atoms with Crippen LogP contribution in [0.25, 0.3) is 12.2 Å². The zero-order chi connectivity index (χ0) is 11.6. The van der Waals surface area contributed by atoms with Crippen molar-refractivity contribution in [1.82, 2.24) is 0 Å². The Labute approximate surface area is 95.9 Å². The summed E-state index contributed by atoms with van der Waals surface area (Å²) in [5, 5.41) is 8.71. The highest BCUT2D eigenvalue weighted by atomic mass is 16.5. The second-order valence-electron chi connectivity index (χ2n) is 4.42. The SMILES string of the molecule is CC1(C)C=Cc2cc(/C=C/CO)ccc2O1. The van der Waals surface area contributed by atoms with Crippen LogP contribution in [0.1, 0.15) is 25.0 Å². The monoisotopic (exact) mass is 216 g/mol. The minimum absolute atomic E-state index is 0.0659. The van der Waals surface area contributed by atoms with E-state index in [2.05, 4.69) is 12.2 Å². The Kier molecular flexibility index (Phi) is 2.84. The van der Waals surface area contributed by atoms with Gasteiger partial charge in [-0.05, 0) is 37.6 Å². The molecule has 84 valence electrons. The van der Waals surface area contributed by atoms with E-state index in [0.29, 0.717) is 0 Å². The summed E-state index contributed by atoms with van der Waals surface area (Å²) >= 11 is 0. The Morgan fingerprint density at radius 1 is 1.38 bits per heavy atom.